The Kier molecular flexibility index (Phi) is 5.92. The van der Waals surface area contributed by atoms with Crippen LogP contribution in [0.1, 0.15) is 10.4 Å². The van der Waals surface area contributed by atoms with E-state index in [1.165, 1.54) is 0 Å². The van der Waals surface area contributed by atoms with E-state index in [1.54, 1.807) is 30.5 Å². The van der Waals surface area contributed by atoms with Crippen LogP contribution in [0.3, 0.4) is 0 Å². The summed E-state index contributed by atoms with van der Waals surface area (Å²) in [4.78, 5) is 16.9. The quantitative estimate of drug-likeness (QED) is 0.387. The molecule has 3 rings (SSSR count). The topological polar surface area (TPSA) is 54.0 Å². The number of rotatable bonds is 4. The molecule has 0 bridgehead atoms. The number of amides is 1. The molecular weight excluding hydrogens is 460 g/mol. The second-order valence-corrected chi connectivity index (χ2v) is 8.76. The summed E-state index contributed by atoms with van der Waals surface area (Å²) in [5.74, 6) is -0.366. The van der Waals surface area contributed by atoms with E-state index >= 15 is 0 Å². The van der Waals surface area contributed by atoms with E-state index in [-0.39, 0.29) is 5.91 Å². The number of anilines is 1. The summed E-state index contributed by atoms with van der Waals surface area (Å²) in [6, 6.07) is 16.2. The number of halogens is 4. The first-order valence-electron chi connectivity index (χ1n) is 7.58. The summed E-state index contributed by atoms with van der Waals surface area (Å²) < 4.78 is -0.908. The van der Waals surface area contributed by atoms with Crippen molar-refractivity contribution in [2.45, 2.75) is 9.96 Å². The first-order valence-corrected chi connectivity index (χ1v) is 9.51. The maximum atomic E-state index is 12.5. The summed E-state index contributed by atoms with van der Waals surface area (Å²) >= 11 is 21.6. The number of nitrogens with one attached hydrogen (secondary N) is 2. The van der Waals surface area contributed by atoms with Crippen LogP contribution in [0.5, 0.6) is 0 Å². The largest absolute Gasteiger partial charge is 0.360 e. The van der Waals surface area contributed by atoms with Crippen molar-refractivity contribution < 1.29 is 4.79 Å². The van der Waals surface area contributed by atoms with Gasteiger partial charge < -0.3 is 10.6 Å². The molecule has 0 aliphatic heterocycles. The average Bonchev–Trinajstić information content (AvgIpc) is 2.61. The SMILES string of the molecule is O=C(N[C@@H](Nc1cccc2cccnc12)C(Cl)(Cl)Cl)c1ccc(Br)cc1. The molecule has 0 aliphatic rings. The molecule has 1 aromatic heterocycles. The van der Waals surface area contributed by atoms with Gasteiger partial charge in [-0.2, -0.15) is 0 Å². The Morgan fingerprint density at radius 2 is 1.73 bits per heavy atom. The Labute approximate surface area is 174 Å². The smallest absolute Gasteiger partial charge is 0.252 e. The minimum atomic E-state index is -1.78. The Hall–Kier alpha value is -1.53. The highest BCUT2D eigenvalue weighted by Gasteiger charge is 2.34. The lowest BCUT2D eigenvalue weighted by Crippen LogP contribution is -2.49. The molecule has 26 heavy (non-hydrogen) atoms. The van der Waals surface area contributed by atoms with E-state index in [4.69, 9.17) is 34.8 Å². The van der Waals surface area contributed by atoms with Gasteiger partial charge in [-0.05, 0) is 36.4 Å². The number of carbonyl (C=O) groups is 1. The maximum Gasteiger partial charge on any atom is 0.252 e. The third-order valence-electron chi connectivity index (χ3n) is 3.64. The highest BCUT2D eigenvalue weighted by molar-refractivity contribution is 9.10. The van der Waals surface area contributed by atoms with Gasteiger partial charge in [-0.25, -0.2) is 0 Å². The summed E-state index contributed by atoms with van der Waals surface area (Å²) in [6.07, 6.45) is 0.717. The Balaban J connectivity index is 1.87. The standard InChI is InChI=1S/C18H13BrCl3N3O/c19-13-8-6-12(7-9-13)16(26)25-17(18(20,21)22)24-14-5-1-3-11-4-2-10-23-15(11)14/h1-10,17,24H,(H,25,26)/t17-/m1/s1. The minimum absolute atomic E-state index is 0.366. The molecule has 1 amide bonds. The van der Waals surface area contributed by atoms with E-state index in [1.807, 2.05) is 30.3 Å². The summed E-state index contributed by atoms with van der Waals surface area (Å²) in [5, 5.41) is 6.72. The van der Waals surface area contributed by atoms with E-state index in [2.05, 4.69) is 31.5 Å². The van der Waals surface area contributed by atoms with Crippen molar-refractivity contribution in [3.63, 3.8) is 0 Å². The van der Waals surface area contributed by atoms with Crippen LogP contribution in [0.25, 0.3) is 10.9 Å². The maximum absolute atomic E-state index is 12.5. The lowest BCUT2D eigenvalue weighted by Gasteiger charge is -2.27. The number of hydrogen-bond acceptors (Lipinski definition) is 3. The zero-order valence-electron chi connectivity index (χ0n) is 13.2. The molecule has 0 radical (unpaired) electrons. The zero-order valence-corrected chi connectivity index (χ0v) is 17.1. The molecular formula is C18H13BrCl3N3O. The van der Waals surface area contributed by atoms with Crippen molar-refractivity contribution >= 4 is 73.2 Å². The number of fused-ring (bicyclic) bond motifs is 1. The van der Waals surface area contributed by atoms with Crippen LogP contribution in [0.2, 0.25) is 0 Å². The van der Waals surface area contributed by atoms with Gasteiger partial charge in [0.2, 0.25) is 3.79 Å². The highest BCUT2D eigenvalue weighted by Crippen LogP contribution is 2.32. The van der Waals surface area contributed by atoms with E-state index < -0.39 is 9.96 Å². The van der Waals surface area contributed by atoms with Gasteiger partial charge in [0.25, 0.3) is 5.91 Å². The van der Waals surface area contributed by atoms with Crippen LogP contribution in [0.15, 0.2) is 65.3 Å². The Morgan fingerprint density at radius 1 is 1.04 bits per heavy atom. The fraction of sp³-hybridized carbons (Fsp3) is 0.111. The molecule has 134 valence electrons. The van der Waals surface area contributed by atoms with E-state index in [0.717, 1.165) is 9.86 Å². The third-order valence-corrected chi connectivity index (χ3v) is 4.83. The second kappa shape index (κ2) is 8.01. The van der Waals surface area contributed by atoms with Gasteiger partial charge >= 0.3 is 0 Å². The first-order chi connectivity index (χ1) is 12.3. The Bertz CT molecular complexity index is 924. The molecule has 4 nitrogen and oxygen atoms in total. The molecule has 3 aromatic rings. The Morgan fingerprint density at radius 3 is 2.42 bits per heavy atom. The van der Waals surface area contributed by atoms with Crippen molar-refractivity contribution in [3.8, 4) is 0 Å². The first kappa shape index (κ1) is 19.2. The van der Waals surface area contributed by atoms with Crippen LogP contribution in [-0.2, 0) is 0 Å². The minimum Gasteiger partial charge on any atom is -0.360 e. The molecule has 1 atom stereocenters. The van der Waals surface area contributed by atoms with Crippen molar-refractivity contribution in [3.05, 3.63) is 70.8 Å². The molecule has 2 N–H and O–H groups in total. The number of alkyl halides is 3. The molecule has 8 heteroatoms. The molecule has 1 heterocycles. The predicted octanol–water partition coefficient (Wildman–Crippen LogP) is 5.54. The van der Waals surface area contributed by atoms with Gasteiger partial charge in [-0.1, -0.05) is 68.9 Å². The van der Waals surface area contributed by atoms with Crippen LogP contribution in [0, 0.1) is 0 Å². The fourth-order valence-corrected chi connectivity index (χ4v) is 2.98. The van der Waals surface area contributed by atoms with E-state index in [9.17, 15) is 4.79 Å². The number of pyridine rings is 1. The number of hydrogen-bond donors (Lipinski definition) is 2. The van der Waals surface area contributed by atoms with Crippen molar-refractivity contribution in [1.82, 2.24) is 10.3 Å². The predicted molar refractivity (Wildman–Crippen MR) is 111 cm³/mol. The normalized spacial score (nSPS) is 12.6. The van der Waals surface area contributed by atoms with Gasteiger partial charge in [-0.15, -0.1) is 0 Å². The molecule has 0 saturated carbocycles. The van der Waals surface area contributed by atoms with Crippen molar-refractivity contribution in [1.29, 1.82) is 0 Å². The third kappa shape index (κ3) is 4.60. The second-order valence-electron chi connectivity index (χ2n) is 5.48. The van der Waals surface area contributed by atoms with Crippen LogP contribution in [0.4, 0.5) is 5.69 Å². The molecule has 0 aliphatic carbocycles. The van der Waals surface area contributed by atoms with E-state index in [0.29, 0.717) is 16.8 Å². The zero-order chi connectivity index (χ0) is 18.7. The fourth-order valence-electron chi connectivity index (χ4n) is 2.39. The van der Waals surface area contributed by atoms with Crippen molar-refractivity contribution in [2.24, 2.45) is 0 Å². The summed E-state index contributed by atoms with van der Waals surface area (Å²) in [5.41, 5.74) is 1.81. The van der Waals surface area contributed by atoms with Gasteiger partial charge in [-0.3, -0.25) is 9.78 Å². The summed E-state index contributed by atoms with van der Waals surface area (Å²) in [7, 11) is 0. The van der Waals surface area contributed by atoms with Gasteiger partial charge in [0, 0.05) is 21.6 Å². The van der Waals surface area contributed by atoms with Crippen LogP contribution in [-0.4, -0.2) is 20.8 Å². The lowest BCUT2D eigenvalue weighted by atomic mass is 10.2. The molecule has 0 saturated heterocycles. The van der Waals surface area contributed by atoms with Gasteiger partial charge in [0.15, 0.2) is 0 Å². The van der Waals surface area contributed by atoms with Gasteiger partial charge in [0.1, 0.15) is 6.17 Å². The number of benzene rings is 2. The number of para-hydroxylation sites is 1. The van der Waals surface area contributed by atoms with Gasteiger partial charge in [0.05, 0.1) is 11.2 Å². The van der Waals surface area contributed by atoms with Crippen molar-refractivity contribution in [2.75, 3.05) is 5.32 Å². The molecule has 0 unspecified atom stereocenters. The number of nitrogens with zero attached hydrogens (tertiary/aromatic N) is 1. The molecule has 2 aromatic carbocycles. The number of carbonyl (C=O) groups excluding carboxylic acids is 1. The lowest BCUT2D eigenvalue weighted by molar-refractivity contribution is 0.0942. The summed E-state index contributed by atoms with van der Waals surface area (Å²) in [6.45, 7) is 0. The van der Waals surface area contributed by atoms with Crippen LogP contribution >= 0.6 is 50.7 Å². The average molecular weight is 474 g/mol. The van der Waals surface area contributed by atoms with Crippen LogP contribution < -0.4 is 10.6 Å². The monoisotopic (exact) mass is 471 g/mol. The number of aromatic nitrogens is 1. The molecule has 0 spiro atoms. The molecule has 0 fully saturated rings. The highest BCUT2D eigenvalue weighted by atomic mass is 79.9.